The first-order chi connectivity index (χ1) is 8.13. The molecule has 0 aliphatic heterocycles. The van der Waals surface area contributed by atoms with Gasteiger partial charge in [0.25, 0.3) is 0 Å². The van der Waals surface area contributed by atoms with E-state index >= 15 is 0 Å². The average molecular weight is 319 g/mol. The van der Waals surface area contributed by atoms with Gasteiger partial charge in [0, 0.05) is 15.5 Å². The Hall–Kier alpha value is -0.0500. The molecule has 0 aliphatic carbocycles. The Morgan fingerprint density at radius 1 is 1.24 bits per heavy atom. The van der Waals surface area contributed by atoms with Gasteiger partial charge in [-0.3, -0.25) is 0 Å². The number of hydrogen-bond donors (Lipinski definition) is 1. The number of halogens is 2. The molecule has 0 radical (unpaired) electrons. The van der Waals surface area contributed by atoms with E-state index in [1.54, 1.807) is 0 Å². The van der Waals surface area contributed by atoms with Crippen molar-refractivity contribution in [1.82, 2.24) is 5.32 Å². The summed E-state index contributed by atoms with van der Waals surface area (Å²) in [6, 6.07) is 6.40. The van der Waals surface area contributed by atoms with Crippen molar-refractivity contribution in [2.75, 3.05) is 6.54 Å². The van der Waals surface area contributed by atoms with Crippen LogP contribution in [0.3, 0.4) is 0 Å². The van der Waals surface area contributed by atoms with E-state index in [0.717, 1.165) is 16.0 Å². The molecular formula is C14H21BrClN. The van der Waals surface area contributed by atoms with E-state index in [-0.39, 0.29) is 0 Å². The van der Waals surface area contributed by atoms with Crippen molar-refractivity contribution in [3.05, 3.63) is 33.3 Å². The van der Waals surface area contributed by atoms with Crippen molar-refractivity contribution in [3.63, 3.8) is 0 Å². The highest BCUT2D eigenvalue weighted by Crippen LogP contribution is 2.33. The number of benzene rings is 1. The lowest BCUT2D eigenvalue weighted by Crippen LogP contribution is -2.28. The van der Waals surface area contributed by atoms with Crippen LogP contribution in [-0.2, 0) is 0 Å². The van der Waals surface area contributed by atoms with Gasteiger partial charge in [0.15, 0.2) is 0 Å². The highest BCUT2D eigenvalue weighted by molar-refractivity contribution is 9.10. The standard InChI is InChI=1S/C14H21BrClN/c1-4-10(5-2)14(17-6-3)12-9-11(16)7-8-13(12)15/h7-10,14,17H,4-6H2,1-3H3. The second-order valence-corrected chi connectivity index (χ2v) is 5.57. The Labute approximate surface area is 118 Å². The van der Waals surface area contributed by atoms with Gasteiger partial charge < -0.3 is 5.32 Å². The Kier molecular flexibility index (Phi) is 6.53. The molecule has 17 heavy (non-hydrogen) atoms. The van der Waals surface area contributed by atoms with Gasteiger partial charge in [-0.25, -0.2) is 0 Å². The Bertz CT molecular complexity index is 350. The molecule has 1 aromatic carbocycles. The molecule has 0 spiro atoms. The Morgan fingerprint density at radius 3 is 2.41 bits per heavy atom. The highest BCUT2D eigenvalue weighted by Gasteiger charge is 2.21. The second-order valence-electron chi connectivity index (χ2n) is 4.28. The van der Waals surface area contributed by atoms with E-state index in [4.69, 9.17) is 11.6 Å². The summed E-state index contributed by atoms with van der Waals surface area (Å²) in [5.41, 5.74) is 1.27. The summed E-state index contributed by atoms with van der Waals surface area (Å²) in [6.07, 6.45) is 2.35. The maximum absolute atomic E-state index is 6.10. The zero-order valence-corrected chi connectivity index (χ0v) is 13.1. The summed E-state index contributed by atoms with van der Waals surface area (Å²) in [4.78, 5) is 0. The van der Waals surface area contributed by atoms with Crippen LogP contribution in [0, 0.1) is 5.92 Å². The molecule has 0 aromatic heterocycles. The third-order valence-corrected chi connectivity index (χ3v) is 4.19. The highest BCUT2D eigenvalue weighted by atomic mass is 79.9. The van der Waals surface area contributed by atoms with Gasteiger partial charge in [0.05, 0.1) is 0 Å². The number of rotatable bonds is 6. The van der Waals surface area contributed by atoms with E-state index in [0.29, 0.717) is 12.0 Å². The first-order valence-electron chi connectivity index (χ1n) is 6.32. The molecule has 0 bridgehead atoms. The van der Waals surface area contributed by atoms with Gasteiger partial charge >= 0.3 is 0 Å². The van der Waals surface area contributed by atoms with E-state index < -0.39 is 0 Å². The van der Waals surface area contributed by atoms with Crippen LogP contribution in [0.1, 0.15) is 45.2 Å². The van der Waals surface area contributed by atoms with E-state index in [2.05, 4.69) is 48.1 Å². The predicted molar refractivity (Wildman–Crippen MR) is 79.6 cm³/mol. The predicted octanol–water partition coefficient (Wildman–Crippen LogP) is 5.19. The quantitative estimate of drug-likeness (QED) is 0.761. The van der Waals surface area contributed by atoms with Crippen molar-refractivity contribution in [3.8, 4) is 0 Å². The summed E-state index contributed by atoms with van der Waals surface area (Å²) in [5, 5.41) is 4.38. The maximum atomic E-state index is 6.10. The van der Waals surface area contributed by atoms with Crippen LogP contribution < -0.4 is 5.32 Å². The van der Waals surface area contributed by atoms with Crippen LogP contribution >= 0.6 is 27.5 Å². The third-order valence-electron chi connectivity index (χ3n) is 3.24. The lowest BCUT2D eigenvalue weighted by molar-refractivity contribution is 0.345. The van der Waals surface area contributed by atoms with Crippen molar-refractivity contribution < 1.29 is 0 Å². The molecule has 1 atom stereocenters. The van der Waals surface area contributed by atoms with Crippen LogP contribution in [0.5, 0.6) is 0 Å². The van der Waals surface area contributed by atoms with Gasteiger partial charge in [0.1, 0.15) is 0 Å². The van der Waals surface area contributed by atoms with Crippen molar-refractivity contribution >= 4 is 27.5 Å². The maximum Gasteiger partial charge on any atom is 0.0410 e. The van der Waals surface area contributed by atoms with Crippen LogP contribution in [0.2, 0.25) is 5.02 Å². The van der Waals surface area contributed by atoms with Crippen LogP contribution in [0.25, 0.3) is 0 Å². The molecule has 0 amide bonds. The minimum Gasteiger partial charge on any atom is -0.310 e. The summed E-state index contributed by atoms with van der Waals surface area (Å²) < 4.78 is 1.14. The fraction of sp³-hybridized carbons (Fsp3) is 0.571. The number of hydrogen-bond acceptors (Lipinski definition) is 1. The van der Waals surface area contributed by atoms with Gasteiger partial charge in [-0.15, -0.1) is 0 Å². The van der Waals surface area contributed by atoms with Crippen LogP contribution in [0.15, 0.2) is 22.7 Å². The minimum atomic E-state index is 0.378. The molecule has 1 rings (SSSR count). The van der Waals surface area contributed by atoms with Crippen LogP contribution in [0.4, 0.5) is 0 Å². The Balaban J connectivity index is 3.07. The van der Waals surface area contributed by atoms with Gasteiger partial charge in [-0.1, -0.05) is 61.1 Å². The lowest BCUT2D eigenvalue weighted by atomic mass is 9.89. The largest absolute Gasteiger partial charge is 0.310 e. The Morgan fingerprint density at radius 2 is 1.88 bits per heavy atom. The second kappa shape index (κ2) is 7.40. The molecule has 1 aromatic rings. The van der Waals surface area contributed by atoms with Crippen LogP contribution in [-0.4, -0.2) is 6.54 Å². The molecule has 0 saturated heterocycles. The lowest BCUT2D eigenvalue weighted by Gasteiger charge is -2.27. The molecule has 0 fully saturated rings. The van der Waals surface area contributed by atoms with Gasteiger partial charge in [0.2, 0.25) is 0 Å². The summed E-state index contributed by atoms with van der Waals surface area (Å²) in [5.74, 6) is 0.643. The fourth-order valence-corrected chi connectivity index (χ4v) is 2.94. The summed E-state index contributed by atoms with van der Waals surface area (Å²) >= 11 is 9.73. The van der Waals surface area contributed by atoms with Crippen molar-refractivity contribution in [2.24, 2.45) is 5.92 Å². The fourth-order valence-electron chi connectivity index (χ4n) is 2.26. The van der Waals surface area contributed by atoms with E-state index in [1.165, 1.54) is 18.4 Å². The minimum absolute atomic E-state index is 0.378. The van der Waals surface area contributed by atoms with Gasteiger partial charge in [-0.2, -0.15) is 0 Å². The van der Waals surface area contributed by atoms with E-state index in [1.807, 2.05) is 12.1 Å². The zero-order valence-electron chi connectivity index (χ0n) is 10.8. The van der Waals surface area contributed by atoms with Crippen molar-refractivity contribution in [1.29, 1.82) is 0 Å². The molecule has 1 nitrogen and oxygen atoms in total. The third kappa shape index (κ3) is 3.97. The van der Waals surface area contributed by atoms with Gasteiger partial charge in [-0.05, 0) is 36.2 Å². The average Bonchev–Trinajstić information content (AvgIpc) is 2.33. The molecular weight excluding hydrogens is 298 g/mol. The molecule has 1 unspecified atom stereocenters. The zero-order chi connectivity index (χ0) is 12.8. The molecule has 1 N–H and O–H groups in total. The normalized spacial score (nSPS) is 13.1. The van der Waals surface area contributed by atoms with Crippen molar-refractivity contribution in [2.45, 2.75) is 39.7 Å². The molecule has 3 heteroatoms. The first kappa shape index (κ1) is 15.0. The first-order valence-corrected chi connectivity index (χ1v) is 7.49. The smallest absolute Gasteiger partial charge is 0.0410 e. The SMILES string of the molecule is CCNC(c1cc(Cl)ccc1Br)C(CC)CC. The molecule has 0 saturated carbocycles. The molecule has 0 heterocycles. The van der Waals surface area contributed by atoms with E-state index in [9.17, 15) is 0 Å². The number of nitrogens with one attached hydrogen (secondary N) is 1. The molecule has 0 aliphatic rings. The topological polar surface area (TPSA) is 12.0 Å². The molecule has 96 valence electrons. The monoisotopic (exact) mass is 317 g/mol. The summed E-state index contributed by atoms with van der Waals surface area (Å²) in [6.45, 7) is 7.61. The summed E-state index contributed by atoms with van der Waals surface area (Å²) in [7, 11) is 0.